The van der Waals surface area contributed by atoms with E-state index in [1.54, 1.807) is 0 Å². The molecular weight excluding hydrogens is 307 g/mol. The van der Waals surface area contributed by atoms with Crippen LogP contribution in [0.3, 0.4) is 0 Å². The highest BCUT2D eigenvalue weighted by molar-refractivity contribution is 6.31. The molecule has 0 saturated carbocycles. The van der Waals surface area contributed by atoms with Crippen LogP contribution in [0.4, 0.5) is 24.5 Å². The fourth-order valence-corrected chi connectivity index (χ4v) is 1.85. The zero-order valence-corrected chi connectivity index (χ0v) is 11.5. The van der Waals surface area contributed by atoms with Crippen molar-refractivity contribution < 1.29 is 22.7 Å². The van der Waals surface area contributed by atoms with E-state index in [4.69, 9.17) is 11.6 Å². The van der Waals surface area contributed by atoms with Crippen molar-refractivity contribution in [1.29, 1.82) is 0 Å². The van der Waals surface area contributed by atoms with Gasteiger partial charge in [-0.2, -0.15) is 0 Å². The lowest BCUT2D eigenvalue weighted by molar-refractivity contribution is 0.0602. The van der Waals surface area contributed by atoms with Crippen LogP contribution >= 0.6 is 11.6 Å². The lowest BCUT2D eigenvalue weighted by Gasteiger charge is -2.12. The Balaban J connectivity index is 2.46. The number of ether oxygens (including phenoxy) is 1. The first-order chi connectivity index (χ1) is 9.93. The quantitative estimate of drug-likeness (QED) is 0.678. The number of esters is 1. The van der Waals surface area contributed by atoms with Gasteiger partial charge in [-0.15, -0.1) is 0 Å². The van der Waals surface area contributed by atoms with Crippen LogP contribution in [0.5, 0.6) is 0 Å². The second-order valence-corrected chi connectivity index (χ2v) is 4.47. The van der Waals surface area contributed by atoms with Crippen LogP contribution < -0.4 is 5.32 Å². The molecule has 0 fully saturated rings. The van der Waals surface area contributed by atoms with Crippen LogP contribution in [-0.4, -0.2) is 13.1 Å². The Kier molecular flexibility index (Phi) is 4.37. The standard InChI is InChI=1S/C14H9ClF3NO2/c1-21-14(20)8-3-2-7(15)6-11(8)19-10-5-4-9(16)12(17)13(10)18/h2-6,19H,1H3. The summed E-state index contributed by atoms with van der Waals surface area (Å²) in [5.41, 5.74) is -0.147. The summed E-state index contributed by atoms with van der Waals surface area (Å²) < 4.78 is 44.3. The predicted octanol–water partition coefficient (Wildman–Crippen LogP) is 4.29. The molecule has 7 heteroatoms. The lowest BCUT2D eigenvalue weighted by atomic mass is 10.1. The van der Waals surface area contributed by atoms with Gasteiger partial charge in [0.2, 0.25) is 0 Å². The smallest absolute Gasteiger partial charge is 0.339 e. The van der Waals surface area contributed by atoms with Crippen LogP contribution in [-0.2, 0) is 4.74 Å². The highest BCUT2D eigenvalue weighted by atomic mass is 35.5. The minimum Gasteiger partial charge on any atom is -0.465 e. The summed E-state index contributed by atoms with van der Waals surface area (Å²) in [6, 6.07) is 5.93. The zero-order valence-electron chi connectivity index (χ0n) is 10.7. The largest absolute Gasteiger partial charge is 0.465 e. The summed E-state index contributed by atoms with van der Waals surface area (Å²) in [5.74, 6) is -5.00. The molecule has 3 nitrogen and oxygen atoms in total. The zero-order chi connectivity index (χ0) is 15.6. The Labute approximate surface area is 123 Å². The van der Waals surface area contributed by atoms with E-state index in [0.29, 0.717) is 0 Å². The minimum atomic E-state index is -1.61. The molecule has 2 aromatic carbocycles. The third-order valence-corrected chi connectivity index (χ3v) is 2.93. The monoisotopic (exact) mass is 315 g/mol. The van der Waals surface area contributed by atoms with E-state index in [9.17, 15) is 18.0 Å². The molecule has 0 unspecified atom stereocenters. The van der Waals surface area contributed by atoms with Crippen LogP contribution in [0.2, 0.25) is 5.02 Å². The van der Waals surface area contributed by atoms with Crippen molar-refractivity contribution in [3.63, 3.8) is 0 Å². The van der Waals surface area contributed by atoms with Crippen molar-refractivity contribution in [3.8, 4) is 0 Å². The van der Waals surface area contributed by atoms with E-state index in [0.717, 1.165) is 12.1 Å². The summed E-state index contributed by atoms with van der Waals surface area (Å²) in [5, 5.41) is 2.77. The summed E-state index contributed by atoms with van der Waals surface area (Å²) in [6.45, 7) is 0. The number of benzene rings is 2. The third-order valence-electron chi connectivity index (χ3n) is 2.69. The van der Waals surface area contributed by atoms with E-state index in [1.165, 1.54) is 25.3 Å². The van der Waals surface area contributed by atoms with Crippen LogP contribution in [0.25, 0.3) is 0 Å². The van der Waals surface area contributed by atoms with Gasteiger partial charge >= 0.3 is 5.97 Å². The molecule has 0 heterocycles. The van der Waals surface area contributed by atoms with Crippen molar-refractivity contribution in [3.05, 3.63) is 58.4 Å². The van der Waals surface area contributed by atoms with Crippen LogP contribution in [0.1, 0.15) is 10.4 Å². The minimum absolute atomic E-state index is 0.0750. The first kappa shape index (κ1) is 15.2. The molecule has 1 N–H and O–H groups in total. The van der Waals surface area contributed by atoms with Crippen LogP contribution in [0.15, 0.2) is 30.3 Å². The van der Waals surface area contributed by atoms with Gasteiger partial charge in [-0.25, -0.2) is 18.0 Å². The normalized spacial score (nSPS) is 10.3. The fourth-order valence-electron chi connectivity index (χ4n) is 1.68. The average molecular weight is 316 g/mol. The van der Waals surface area contributed by atoms with Gasteiger partial charge in [0.1, 0.15) is 0 Å². The van der Waals surface area contributed by atoms with Gasteiger partial charge in [-0.1, -0.05) is 11.6 Å². The van der Waals surface area contributed by atoms with Gasteiger partial charge in [0.15, 0.2) is 17.5 Å². The van der Waals surface area contributed by atoms with Crippen molar-refractivity contribution >= 4 is 28.9 Å². The van der Waals surface area contributed by atoms with Gasteiger partial charge in [-0.05, 0) is 30.3 Å². The SMILES string of the molecule is COC(=O)c1ccc(Cl)cc1Nc1ccc(F)c(F)c1F. The number of carbonyl (C=O) groups is 1. The number of hydrogen-bond donors (Lipinski definition) is 1. The highest BCUT2D eigenvalue weighted by Crippen LogP contribution is 2.28. The molecule has 0 bridgehead atoms. The van der Waals surface area contributed by atoms with Gasteiger partial charge in [0.05, 0.1) is 24.0 Å². The predicted molar refractivity (Wildman–Crippen MR) is 72.4 cm³/mol. The summed E-state index contributed by atoms with van der Waals surface area (Å²) in [6.07, 6.45) is 0. The number of carbonyl (C=O) groups excluding carboxylic acids is 1. The molecule has 0 atom stereocenters. The number of methoxy groups -OCH3 is 1. The van der Waals surface area contributed by atoms with Crippen molar-refractivity contribution in [2.45, 2.75) is 0 Å². The van der Waals surface area contributed by atoms with Gasteiger partial charge in [-0.3, -0.25) is 0 Å². The van der Waals surface area contributed by atoms with E-state index in [-0.39, 0.29) is 22.0 Å². The lowest BCUT2D eigenvalue weighted by Crippen LogP contribution is -2.07. The Morgan fingerprint density at radius 2 is 1.81 bits per heavy atom. The molecule has 0 radical (unpaired) electrons. The average Bonchev–Trinajstić information content (AvgIpc) is 2.47. The third kappa shape index (κ3) is 3.11. The molecule has 0 aliphatic carbocycles. The molecule has 0 aliphatic rings. The summed E-state index contributed by atoms with van der Waals surface area (Å²) >= 11 is 5.81. The van der Waals surface area contributed by atoms with E-state index in [2.05, 4.69) is 10.1 Å². The molecule has 0 aliphatic heterocycles. The van der Waals surface area contributed by atoms with Gasteiger partial charge in [0, 0.05) is 5.02 Å². The van der Waals surface area contributed by atoms with E-state index in [1.807, 2.05) is 0 Å². The maximum atomic E-state index is 13.6. The first-order valence-corrected chi connectivity index (χ1v) is 6.10. The Morgan fingerprint density at radius 1 is 1.10 bits per heavy atom. The second-order valence-electron chi connectivity index (χ2n) is 4.03. The summed E-state index contributed by atoms with van der Waals surface area (Å²) in [4.78, 5) is 11.6. The summed E-state index contributed by atoms with van der Waals surface area (Å²) in [7, 11) is 1.18. The molecule has 2 aromatic rings. The maximum Gasteiger partial charge on any atom is 0.339 e. The number of anilines is 2. The van der Waals surface area contributed by atoms with Crippen LogP contribution in [0, 0.1) is 17.5 Å². The maximum absolute atomic E-state index is 13.6. The number of halogens is 4. The Morgan fingerprint density at radius 3 is 2.48 bits per heavy atom. The molecule has 0 spiro atoms. The second kappa shape index (κ2) is 6.05. The number of hydrogen-bond acceptors (Lipinski definition) is 3. The topological polar surface area (TPSA) is 38.3 Å². The Hall–Kier alpha value is -2.21. The molecule has 110 valence electrons. The highest BCUT2D eigenvalue weighted by Gasteiger charge is 2.17. The van der Waals surface area contributed by atoms with Gasteiger partial charge in [0.25, 0.3) is 0 Å². The van der Waals surface area contributed by atoms with Crippen molar-refractivity contribution in [2.75, 3.05) is 12.4 Å². The number of rotatable bonds is 3. The molecule has 0 saturated heterocycles. The molecular formula is C14H9ClF3NO2. The fraction of sp³-hybridized carbons (Fsp3) is 0.0714. The van der Waals surface area contributed by atoms with Crippen molar-refractivity contribution in [1.82, 2.24) is 0 Å². The Bertz CT molecular complexity index is 707. The molecule has 21 heavy (non-hydrogen) atoms. The molecule has 2 rings (SSSR count). The molecule has 0 amide bonds. The molecule has 0 aromatic heterocycles. The first-order valence-electron chi connectivity index (χ1n) is 5.72. The van der Waals surface area contributed by atoms with Crippen molar-refractivity contribution in [2.24, 2.45) is 0 Å². The van der Waals surface area contributed by atoms with E-state index >= 15 is 0 Å². The van der Waals surface area contributed by atoms with Gasteiger partial charge < -0.3 is 10.1 Å². The number of nitrogens with one attached hydrogen (secondary N) is 1. The van der Waals surface area contributed by atoms with E-state index < -0.39 is 23.4 Å².